The highest BCUT2D eigenvalue weighted by molar-refractivity contribution is 5.88. The Morgan fingerprint density at radius 1 is 1.31 bits per heavy atom. The maximum Gasteiger partial charge on any atom is 0.317 e. The molecule has 2 amide bonds. The quantitative estimate of drug-likeness (QED) is 0.644. The van der Waals surface area contributed by atoms with Crippen LogP contribution in [0, 0.1) is 5.92 Å². The molecule has 0 bridgehead atoms. The van der Waals surface area contributed by atoms with E-state index in [4.69, 9.17) is 5.11 Å². The van der Waals surface area contributed by atoms with Crippen molar-refractivity contribution < 1.29 is 19.5 Å². The molecule has 2 rings (SSSR count). The van der Waals surface area contributed by atoms with Crippen molar-refractivity contribution in [2.24, 2.45) is 5.92 Å². The van der Waals surface area contributed by atoms with Crippen molar-refractivity contribution in [1.82, 2.24) is 15.1 Å². The van der Waals surface area contributed by atoms with Crippen LogP contribution in [-0.2, 0) is 14.4 Å². The molecule has 1 atom stereocenters. The zero-order valence-electron chi connectivity index (χ0n) is 16.2. The summed E-state index contributed by atoms with van der Waals surface area (Å²) in [6, 6.07) is -0.102. The Hall–Kier alpha value is -1.63. The van der Waals surface area contributed by atoms with Gasteiger partial charge in [-0.2, -0.15) is 0 Å². The van der Waals surface area contributed by atoms with E-state index in [9.17, 15) is 14.4 Å². The van der Waals surface area contributed by atoms with E-state index >= 15 is 0 Å². The molecule has 1 saturated heterocycles. The van der Waals surface area contributed by atoms with Crippen molar-refractivity contribution in [3.8, 4) is 0 Å². The van der Waals surface area contributed by atoms with Gasteiger partial charge in [-0.15, -0.1) is 0 Å². The SMILES string of the molecule is CCN(CC(=O)O)C1CC(NC(=O)C(CC(C)C)N2CCCCC2=O)C1. The summed E-state index contributed by atoms with van der Waals surface area (Å²) in [4.78, 5) is 39.7. The molecule has 0 aromatic heterocycles. The summed E-state index contributed by atoms with van der Waals surface area (Å²) in [6.07, 6.45) is 4.62. The van der Waals surface area contributed by atoms with Crippen molar-refractivity contribution in [3.63, 3.8) is 0 Å². The van der Waals surface area contributed by atoms with Crippen molar-refractivity contribution in [2.45, 2.75) is 77.4 Å². The Morgan fingerprint density at radius 3 is 2.54 bits per heavy atom. The Morgan fingerprint density at radius 2 is 2.00 bits per heavy atom. The van der Waals surface area contributed by atoms with Crippen LogP contribution in [0.2, 0.25) is 0 Å². The topological polar surface area (TPSA) is 90.0 Å². The first-order valence-electron chi connectivity index (χ1n) is 9.87. The smallest absolute Gasteiger partial charge is 0.317 e. The average molecular weight is 367 g/mol. The van der Waals surface area contributed by atoms with Crippen LogP contribution in [0.5, 0.6) is 0 Å². The Balaban J connectivity index is 1.90. The van der Waals surface area contributed by atoms with Crippen molar-refractivity contribution >= 4 is 17.8 Å². The maximum atomic E-state index is 12.8. The predicted molar refractivity (Wildman–Crippen MR) is 98.6 cm³/mol. The Bertz CT molecular complexity index is 517. The zero-order chi connectivity index (χ0) is 19.3. The first kappa shape index (κ1) is 20.7. The summed E-state index contributed by atoms with van der Waals surface area (Å²) in [5.41, 5.74) is 0. The fourth-order valence-corrected chi connectivity index (χ4v) is 3.95. The number of likely N-dealkylation sites (tertiary alicyclic amines) is 1. The maximum absolute atomic E-state index is 12.8. The van der Waals surface area contributed by atoms with E-state index in [0.717, 1.165) is 25.7 Å². The second kappa shape index (κ2) is 9.35. The highest BCUT2D eigenvalue weighted by Crippen LogP contribution is 2.26. The third kappa shape index (κ3) is 5.43. The van der Waals surface area contributed by atoms with E-state index in [1.54, 1.807) is 4.90 Å². The van der Waals surface area contributed by atoms with Crippen LogP contribution in [0.25, 0.3) is 0 Å². The first-order chi connectivity index (χ1) is 12.3. The molecule has 148 valence electrons. The molecular weight excluding hydrogens is 334 g/mol. The number of carbonyl (C=O) groups is 3. The lowest BCUT2D eigenvalue weighted by Crippen LogP contribution is -2.59. The van der Waals surface area contributed by atoms with Crippen molar-refractivity contribution in [3.05, 3.63) is 0 Å². The van der Waals surface area contributed by atoms with Crippen LogP contribution in [0.1, 0.15) is 59.3 Å². The molecule has 1 unspecified atom stereocenters. The lowest BCUT2D eigenvalue weighted by molar-refractivity contribution is -0.144. The monoisotopic (exact) mass is 367 g/mol. The summed E-state index contributed by atoms with van der Waals surface area (Å²) < 4.78 is 0. The van der Waals surface area contributed by atoms with E-state index in [2.05, 4.69) is 19.2 Å². The number of carboxylic acid groups (broad SMARTS) is 1. The van der Waals surface area contributed by atoms with Gasteiger partial charge >= 0.3 is 5.97 Å². The third-order valence-corrected chi connectivity index (χ3v) is 5.45. The average Bonchev–Trinajstić information content (AvgIpc) is 2.54. The minimum absolute atomic E-state index is 0.0418. The molecule has 1 saturated carbocycles. The summed E-state index contributed by atoms with van der Waals surface area (Å²) in [5, 5.41) is 12.1. The van der Waals surface area contributed by atoms with Gasteiger partial charge in [0.15, 0.2) is 0 Å². The number of carboxylic acids is 1. The Labute approximate surface area is 156 Å². The van der Waals surface area contributed by atoms with Gasteiger partial charge in [-0.25, -0.2) is 0 Å². The number of hydrogen-bond acceptors (Lipinski definition) is 4. The van der Waals surface area contributed by atoms with Gasteiger partial charge in [-0.05, 0) is 44.6 Å². The van der Waals surface area contributed by atoms with Crippen LogP contribution >= 0.6 is 0 Å². The molecular formula is C19H33N3O4. The highest BCUT2D eigenvalue weighted by Gasteiger charge is 2.38. The van der Waals surface area contributed by atoms with E-state index in [0.29, 0.717) is 31.8 Å². The standard InChI is InChI=1S/C19H33N3O4/c1-4-21(12-18(24)25)15-10-14(11-15)20-19(26)16(9-13(2)3)22-8-6-5-7-17(22)23/h13-16H,4-12H2,1-3H3,(H,20,26)(H,24,25). The number of carbonyl (C=O) groups excluding carboxylic acids is 2. The van der Waals surface area contributed by atoms with Gasteiger partial charge in [0, 0.05) is 25.0 Å². The molecule has 0 radical (unpaired) electrons. The second-order valence-corrected chi connectivity index (χ2v) is 7.98. The van der Waals surface area contributed by atoms with Gasteiger partial charge in [0.1, 0.15) is 6.04 Å². The molecule has 1 aliphatic carbocycles. The van der Waals surface area contributed by atoms with Crippen molar-refractivity contribution in [2.75, 3.05) is 19.6 Å². The van der Waals surface area contributed by atoms with E-state index < -0.39 is 5.97 Å². The Kier molecular flexibility index (Phi) is 7.43. The van der Waals surface area contributed by atoms with Crippen LogP contribution < -0.4 is 5.32 Å². The van der Waals surface area contributed by atoms with Gasteiger partial charge in [0.05, 0.1) is 6.54 Å². The van der Waals surface area contributed by atoms with E-state index in [1.807, 2.05) is 11.8 Å². The van der Waals surface area contributed by atoms with Gasteiger partial charge in [0.2, 0.25) is 11.8 Å². The summed E-state index contributed by atoms with van der Waals surface area (Å²) in [7, 11) is 0. The largest absolute Gasteiger partial charge is 0.480 e. The fourth-order valence-electron chi connectivity index (χ4n) is 3.95. The number of nitrogens with one attached hydrogen (secondary N) is 1. The molecule has 2 fully saturated rings. The van der Waals surface area contributed by atoms with E-state index in [1.165, 1.54) is 0 Å². The number of hydrogen-bond donors (Lipinski definition) is 2. The number of amides is 2. The summed E-state index contributed by atoms with van der Waals surface area (Å²) >= 11 is 0. The molecule has 0 spiro atoms. The molecule has 2 N–H and O–H groups in total. The number of piperidine rings is 1. The molecule has 26 heavy (non-hydrogen) atoms. The lowest BCUT2D eigenvalue weighted by Gasteiger charge is -2.43. The molecule has 7 nitrogen and oxygen atoms in total. The number of nitrogens with zero attached hydrogens (tertiary/aromatic N) is 2. The normalized spacial score (nSPS) is 24.5. The molecule has 0 aromatic carbocycles. The molecule has 2 aliphatic rings. The van der Waals surface area contributed by atoms with Gasteiger partial charge in [-0.3, -0.25) is 19.3 Å². The molecule has 7 heteroatoms. The number of rotatable bonds is 9. The number of likely N-dealkylation sites (N-methyl/N-ethyl adjacent to an activating group) is 1. The van der Waals surface area contributed by atoms with Crippen LogP contribution in [-0.4, -0.2) is 70.4 Å². The highest BCUT2D eigenvalue weighted by atomic mass is 16.4. The zero-order valence-corrected chi connectivity index (χ0v) is 16.2. The first-order valence-corrected chi connectivity index (χ1v) is 9.87. The van der Waals surface area contributed by atoms with Crippen molar-refractivity contribution in [1.29, 1.82) is 0 Å². The minimum Gasteiger partial charge on any atom is -0.480 e. The third-order valence-electron chi connectivity index (χ3n) is 5.45. The van der Waals surface area contributed by atoms with E-state index in [-0.39, 0.29) is 36.5 Å². The number of aliphatic carboxylic acids is 1. The minimum atomic E-state index is -0.819. The van der Waals surface area contributed by atoms with Gasteiger partial charge < -0.3 is 15.3 Å². The summed E-state index contributed by atoms with van der Waals surface area (Å²) in [6.45, 7) is 7.49. The molecule has 1 aliphatic heterocycles. The predicted octanol–water partition coefficient (Wildman–Crippen LogP) is 1.47. The van der Waals surface area contributed by atoms with Gasteiger partial charge in [-0.1, -0.05) is 20.8 Å². The second-order valence-electron chi connectivity index (χ2n) is 7.98. The van der Waals surface area contributed by atoms with Crippen LogP contribution in [0.15, 0.2) is 0 Å². The fraction of sp³-hybridized carbons (Fsp3) is 0.842. The lowest BCUT2D eigenvalue weighted by atomic mass is 9.85. The van der Waals surface area contributed by atoms with Crippen LogP contribution in [0.3, 0.4) is 0 Å². The molecule has 0 aromatic rings. The summed E-state index contributed by atoms with van der Waals surface area (Å²) in [5.74, 6) is -0.457. The molecule has 1 heterocycles. The van der Waals surface area contributed by atoms with Crippen LogP contribution in [0.4, 0.5) is 0 Å². The van der Waals surface area contributed by atoms with Gasteiger partial charge in [0.25, 0.3) is 0 Å².